The monoisotopic (exact) mass is 591 g/mol. The molecular weight excluding hydrogens is 566 g/mol. The zero-order chi connectivity index (χ0) is 27.1. The van der Waals surface area contributed by atoms with Crippen molar-refractivity contribution in [1.82, 2.24) is 10.7 Å². The SMILES string of the molecule is CC(C)C(NC(=O)c1ccccc1Cl)C(=O)N/N=C/c1c(OCc2ccc(Br)cc2)ccc2ccccc12. The fraction of sp³-hybridized carbons (Fsp3) is 0.167. The van der Waals surface area contributed by atoms with Gasteiger partial charge in [0.2, 0.25) is 0 Å². The fourth-order valence-electron chi connectivity index (χ4n) is 3.91. The van der Waals surface area contributed by atoms with Gasteiger partial charge < -0.3 is 10.1 Å². The van der Waals surface area contributed by atoms with Crippen LogP contribution in [0.5, 0.6) is 5.75 Å². The molecule has 1 atom stereocenters. The summed E-state index contributed by atoms with van der Waals surface area (Å²) in [4.78, 5) is 25.8. The number of benzene rings is 4. The van der Waals surface area contributed by atoms with Gasteiger partial charge in [-0.05, 0) is 52.6 Å². The second-order valence-corrected chi connectivity index (χ2v) is 10.3. The minimum atomic E-state index is -0.809. The summed E-state index contributed by atoms with van der Waals surface area (Å²) in [6, 6.07) is 25.6. The van der Waals surface area contributed by atoms with Crippen molar-refractivity contribution in [3.63, 3.8) is 0 Å². The number of hydrazone groups is 1. The third-order valence-electron chi connectivity index (χ3n) is 5.96. The van der Waals surface area contributed by atoms with Crippen LogP contribution >= 0.6 is 27.5 Å². The van der Waals surface area contributed by atoms with Crippen molar-refractivity contribution in [2.75, 3.05) is 0 Å². The Morgan fingerprint density at radius 1 is 0.974 bits per heavy atom. The molecule has 0 aromatic heterocycles. The number of nitrogens with one attached hydrogen (secondary N) is 2. The molecule has 4 rings (SSSR count). The van der Waals surface area contributed by atoms with Crippen LogP contribution in [-0.2, 0) is 11.4 Å². The Morgan fingerprint density at radius 3 is 2.42 bits per heavy atom. The third-order valence-corrected chi connectivity index (χ3v) is 6.82. The number of fused-ring (bicyclic) bond motifs is 1. The van der Waals surface area contributed by atoms with Crippen LogP contribution in [0.15, 0.2) is 94.5 Å². The van der Waals surface area contributed by atoms with E-state index in [2.05, 4.69) is 31.8 Å². The largest absolute Gasteiger partial charge is 0.488 e. The molecule has 0 saturated heterocycles. The van der Waals surface area contributed by atoms with Gasteiger partial charge >= 0.3 is 0 Å². The maximum Gasteiger partial charge on any atom is 0.262 e. The highest BCUT2D eigenvalue weighted by molar-refractivity contribution is 9.10. The predicted octanol–water partition coefficient (Wildman–Crippen LogP) is 6.74. The quantitative estimate of drug-likeness (QED) is 0.167. The van der Waals surface area contributed by atoms with Crippen LogP contribution in [0.25, 0.3) is 10.8 Å². The first kappa shape index (κ1) is 27.4. The van der Waals surface area contributed by atoms with Gasteiger partial charge in [0.25, 0.3) is 11.8 Å². The summed E-state index contributed by atoms with van der Waals surface area (Å²) in [5, 5.41) is 9.27. The van der Waals surface area contributed by atoms with Gasteiger partial charge in [0, 0.05) is 10.0 Å². The van der Waals surface area contributed by atoms with Crippen molar-refractivity contribution in [3.8, 4) is 5.75 Å². The highest BCUT2D eigenvalue weighted by atomic mass is 79.9. The van der Waals surface area contributed by atoms with E-state index in [1.165, 1.54) is 0 Å². The van der Waals surface area contributed by atoms with Crippen molar-refractivity contribution in [2.45, 2.75) is 26.5 Å². The molecule has 0 aliphatic rings. The molecule has 0 saturated carbocycles. The van der Waals surface area contributed by atoms with E-state index in [9.17, 15) is 9.59 Å². The molecule has 0 aliphatic heterocycles. The number of ether oxygens (including phenoxy) is 1. The van der Waals surface area contributed by atoms with E-state index in [-0.39, 0.29) is 5.92 Å². The standard InChI is InChI=1S/C30H27BrClN3O3/c1-19(2)28(34-29(36)24-9-5-6-10-26(24)32)30(37)35-33-17-25-23-8-4-3-7-21(23)13-16-27(25)38-18-20-11-14-22(31)15-12-20/h3-17,19,28H,18H2,1-2H3,(H,34,36)(H,35,37)/b33-17+. The molecule has 6 nitrogen and oxygen atoms in total. The van der Waals surface area contributed by atoms with Crippen molar-refractivity contribution < 1.29 is 14.3 Å². The molecule has 194 valence electrons. The van der Waals surface area contributed by atoms with E-state index in [1.807, 2.05) is 74.5 Å². The highest BCUT2D eigenvalue weighted by Gasteiger charge is 2.25. The molecule has 4 aromatic rings. The maximum atomic E-state index is 13.0. The number of hydrogen-bond donors (Lipinski definition) is 2. The molecule has 8 heteroatoms. The molecule has 4 aromatic carbocycles. The number of nitrogens with zero attached hydrogens (tertiary/aromatic N) is 1. The van der Waals surface area contributed by atoms with Crippen LogP contribution in [0.1, 0.15) is 35.3 Å². The number of halogens is 2. The van der Waals surface area contributed by atoms with Crippen LogP contribution in [0.3, 0.4) is 0 Å². The van der Waals surface area contributed by atoms with Crippen LogP contribution in [-0.4, -0.2) is 24.1 Å². The topological polar surface area (TPSA) is 79.8 Å². The molecule has 38 heavy (non-hydrogen) atoms. The zero-order valence-electron chi connectivity index (χ0n) is 20.9. The van der Waals surface area contributed by atoms with Crippen LogP contribution < -0.4 is 15.5 Å². The Hall–Kier alpha value is -3.68. The molecule has 2 amide bonds. The lowest BCUT2D eigenvalue weighted by atomic mass is 10.0. The number of carbonyl (C=O) groups excluding carboxylic acids is 2. The summed E-state index contributed by atoms with van der Waals surface area (Å²) in [7, 11) is 0. The van der Waals surface area contributed by atoms with Gasteiger partial charge in [-0.3, -0.25) is 9.59 Å². The van der Waals surface area contributed by atoms with Crippen LogP contribution in [0, 0.1) is 5.92 Å². The van der Waals surface area contributed by atoms with Gasteiger partial charge in [-0.25, -0.2) is 5.43 Å². The Kier molecular flexibility index (Phi) is 9.15. The zero-order valence-corrected chi connectivity index (χ0v) is 23.3. The average Bonchev–Trinajstić information content (AvgIpc) is 2.91. The predicted molar refractivity (Wildman–Crippen MR) is 156 cm³/mol. The molecule has 0 bridgehead atoms. The van der Waals surface area contributed by atoms with Crippen LogP contribution in [0.4, 0.5) is 0 Å². The smallest absolute Gasteiger partial charge is 0.262 e. The van der Waals surface area contributed by atoms with Gasteiger partial charge in [-0.1, -0.05) is 96.0 Å². The fourth-order valence-corrected chi connectivity index (χ4v) is 4.39. The summed E-state index contributed by atoms with van der Waals surface area (Å²) in [5.74, 6) is -0.406. The van der Waals surface area contributed by atoms with Gasteiger partial charge in [0.1, 0.15) is 18.4 Å². The second-order valence-electron chi connectivity index (χ2n) is 9.02. The third kappa shape index (κ3) is 6.79. The van der Waals surface area contributed by atoms with E-state index in [1.54, 1.807) is 30.5 Å². The average molecular weight is 593 g/mol. The van der Waals surface area contributed by atoms with E-state index < -0.39 is 17.9 Å². The number of hydrogen-bond acceptors (Lipinski definition) is 4. The normalized spacial score (nSPS) is 12.0. The summed E-state index contributed by atoms with van der Waals surface area (Å²) in [5.41, 5.74) is 4.64. The number of amides is 2. The number of carbonyl (C=O) groups is 2. The minimum Gasteiger partial charge on any atom is -0.488 e. The summed E-state index contributed by atoms with van der Waals surface area (Å²) in [6.07, 6.45) is 1.57. The van der Waals surface area contributed by atoms with Crippen molar-refractivity contribution in [2.24, 2.45) is 11.0 Å². The van der Waals surface area contributed by atoms with E-state index in [0.29, 0.717) is 22.9 Å². The molecule has 0 spiro atoms. The molecule has 0 fully saturated rings. The first-order valence-electron chi connectivity index (χ1n) is 12.1. The summed E-state index contributed by atoms with van der Waals surface area (Å²) >= 11 is 9.59. The Morgan fingerprint density at radius 2 is 1.68 bits per heavy atom. The van der Waals surface area contributed by atoms with Crippen molar-refractivity contribution >= 4 is 56.3 Å². The van der Waals surface area contributed by atoms with Crippen LogP contribution in [0.2, 0.25) is 5.02 Å². The van der Waals surface area contributed by atoms with Crippen molar-refractivity contribution in [1.29, 1.82) is 0 Å². The Balaban J connectivity index is 1.52. The molecule has 1 unspecified atom stereocenters. The molecule has 0 aliphatic carbocycles. The molecule has 0 heterocycles. The minimum absolute atomic E-state index is 0.181. The van der Waals surface area contributed by atoms with E-state index >= 15 is 0 Å². The van der Waals surface area contributed by atoms with E-state index in [0.717, 1.165) is 26.4 Å². The lowest BCUT2D eigenvalue weighted by Crippen LogP contribution is -2.48. The van der Waals surface area contributed by atoms with Crippen molar-refractivity contribution in [3.05, 3.63) is 111 Å². The highest BCUT2D eigenvalue weighted by Crippen LogP contribution is 2.27. The van der Waals surface area contributed by atoms with Gasteiger partial charge in [0.15, 0.2) is 0 Å². The summed E-state index contributed by atoms with van der Waals surface area (Å²) < 4.78 is 7.14. The maximum absolute atomic E-state index is 13.0. The van der Waals surface area contributed by atoms with E-state index in [4.69, 9.17) is 16.3 Å². The van der Waals surface area contributed by atoms with Gasteiger partial charge in [-0.2, -0.15) is 5.10 Å². The lowest BCUT2D eigenvalue weighted by molar-refractivity contribution is -0.123. The first-order valence-corrected chi connectivity index (χ1v) is 13.3. The lowest BCUT2D eigenvalue weighted by Gasteiger charge is -2.20. The first-order chi connectivity index (χ1) is 18.3. The van der Waals surface area contributed by atoms with Gasteiger partial charge in [-0.15, -0.1) is 0 Å². The summed E-state index contributed by atoms with van der Waals surface area (Å²) in [6.45, 7) is 4.07. The Bertz CT molecular complexity index is 1470. The Labute approximate surface area is 235 Å². The second kappa shape index (κ2) is 12.7. The van der Waals surface area contributed by atoms with Gasteiger partial charge in [0.05, 0.1) is 16.8 Å². The number of rotatable bonds is 9. The molecule has 2 N–H and O–H groups in total. The molecule has 0 radical (unpaired) electrons. The molecular formula is C30H27BrClN3O3.